The highest BCUT2D eigenvalue weighted by molar-refractivity contribution is 5.72. The molecule has 0 radical (unpaired) electrons. The summed E-state index contributed by atoms with van der Waals surface area (Å²) in [5.74, 6) is 0.167. The summed E-state index contributed by atoms with van der Waals surface area (Å²) in [7, 11) is 0. The van der Waals surface area contributed by atoms with E-state index in [4.69, 9.17) is 9.47 Å². The summed E-state index contributed by atoms with van der Waals surface area (Å²) in [6.07, 6.45) is 0. The van der Waals surface area contributed by atoms with Crippen LogP contribution in [0.2, 0.25) is 0 Å². The molecule has 0 spiro atoms. The Morgan fingerprint density at radius 3 is 1.47 bits per heavy atom. The molecular formula is C14H22O3. The van der Waals surface area contributed by atoms with Gasteiger partial charge in [-0.05, 0) is 20.8 Å². The molecule has 0 saturated carbocycles. The van der Waals surface area contributed by atoms with Gasteiger partial charge in [-0.25, -0.2) is 0 Å². The molecule has 1 aromatic rings. The Morgan fingerprint density at radius 1 is 0.941 bits per heavy atom. The second-order valence-electron chi connectivity index (χ2n) is 3.79. The summed E-state index contributed by atoms with van der Waals surface area (Å²) < 4.78 is 9.89. The highest BCUT2D eigenvalue weighted by Gasteiger charge is 1.94. The van der Waals surface area contributed by atoms with E-state index in [1.807, 2.05) is 18.2 Å². The summed E-state index contributed by atoms with van der Waals surface area (Å²) in [5.41, 5.74) is 1.32. The normalized spacial score (nSPS) is 13.6. The van der Waals surface area contributed by atoms with Gasteiger partial charge in [-0.2, -0.15) is 0 Å². The lowest BCUT2D eigenvalue weighted by Gasteiger charge is -2.09. The third-order valence-corrected chi connectivity index (χ3v) is 1.68. The van der Waals surface area contributed by atoms with Crippen molar-refractivity contribution in [1.29, 1.82) is 0 Å². The minimum Gasteiger partial charge on any atom is -0.377 e. The Kier molecular flexibility index (Phi) is 10.5. The van der Waals surface area contributed by atoms with Gasteiger partial charge in [0.2, 0.25) is 0 Å². The second kappa shape index (κ2) is 11.3. The minimum atomic E-state index is 0.167. The summed E-state index contributed by atoms with van der Waals surface area (Å²) in [6, 6.07) is 10.3. The first-order valence-electron chi connectivity index (χ1n) is 5.77. The topological polar surface area (TPSA) is 35.5 Å². The molecule has 0 bridgehead atoms. The molecule has 0 unspecified atom stereocenters. The largest absolute Gasteiger partial charge is 0.377 e. The summed E-state index contributed by atoms with van der Waals surface area (Å²) in [6.45, 7) is 8.25. The Morgan fingerprint density at radius 2 is 1.29 bits per heavy atom. The van der Waals surface area contributed by atoms with Crippen molar-refractivity contribution in [1.82, 2.24) is 0 Å². The third kappa shape index (κ3) is 14.8. The van der Waals surface area contributed by atoms with Crippen molar-refractivity contribution in [2.45, 2.75) is 20.8 Å². The zero-order chi connectivity index (χ0) is 12.9. The number of carbonyl (C=O) groups is 1. The lowest BCUT2D eigenvalue weighted by Crippen LogP contribution is -2.16. The van der Waals surface area contributed by atoms with E-state index in [1.54, 1.807) is 0 Å². The molecule has 2 rings (SSSR count). The Bertz CT molecular complexity index is 263. The lowest BCUT2D eigenvalue weighted by molar-refractivity contribution is -0.114. The zero-order valence-electron chi connectivity index (χ0n) is 10.9. The maximum absolute atomic E-state index is 9.44. The minimum absolute atomic E-state index is 0.167. The number of benzene rings is 1. The molecule has 1 aromatic carbocycles. The molecule has 96 valence electrons. The Hall–Kier alpha value is -1.19. The number of ketones is 1. The van der Waals surface area contributed by atoms with Gasteiger partial charge in [0.25, 0.3) is 0 Å². The van der Waals surface area contributed by atoms with E-state index in [0.717, 1.165) is 26.4 Å². The molecule has 0 aliphatic carbocycles. The molecule has 1 saturated heterocycles. The monoisotopic (exact) mass is 238 g/mol. The average Bonchev–Trinajstić information content (AvgIpc) is 2.32. The van der Waals surface area contributed by atoms with Crippen LogP contribution < -0.4 is 0 Å². The van der Waals surface area contributed by atoms with E-state index in [2.05, 4.69) is 19.1 Å². The highest BCUT2D eigenvalue weighted by atomic mass is 16.6. The van der Waals surface area contributed by atoms with E-state index in [-0.39, 0.29) is 5.78 Å². The molecular weight excluding hydrogens is 216 g/mol. The van der Waals surface area contributed by atoms with Crippen LogP contribution in [0, 0.1) is 6.92 Å². The van der Waals surface area contributed by atoms with Crippen molar-refractivity contribution in [3.05, 3.63) is 35.9 Å². The SMILES string of the molecule is C1COCCO1.CC(C)=O.Cc1ccccc1. The number of Topliss-reactive ketones (excluding diaryl/α,β-unsaturated/α-hetero) is 1. The van der Waals surface area contributed by atoms with Crippen molar-refractivity contribution in [2.24, 2.45) is 0 Å². The maximum Gasteiger partial charge on any atom is 0.126 e. The molecule has 1 aliphatic heterocycles. The van der Waals surface area contributed by atoms with Crippen molar-refractivity contribution in [3.63, 3.8) is 0 Å². The molecule has 17 heavy (non-hydrogen) atoms. The number of aryl methyl sites for hydroxylation is 1. The van der Waals surface area contributed by atoms with Crippen LogP contribution in [0.3, 0.4) is 0 Å². The Balaban J connectivity index is 0.000000236. The maximum atomic E-state index is 9.44. The van der Waals surface area contributed by atoms with Crippen LogP contribution in [0.1, 0.15) is 19.4 Å². The van der Waals surface area contributed by atoms with Gasteiger partial charge in [-0.15, -0.1) is 0 Å². The predicted octanol–water partition coefficient (Wildman–Crippen LogP) is 2.62. The second-order valence-corrected chi connectivity index (χ2v) is 3.79. The summed E-state index contributed by atoms with van der Waals surface area (Å²) in [4.78, 5) is 9.44. The van der Waals surface area contributed by atoms with Crippen LogP contribution in [0.5, 0.6) is 0 Å². The van der Waals surface area contributed by atoms with Gasteiger partial charge in [-0.3, -0.25) is 0 Å². The Labute approximate surface area is 104 Å². The number of ether oxygens (including phenoxy) is 2. The number of hydrogen-bond donors (Lipinski definition) is 0. The van der Waals surface area contributed by atoms with Crippen molar-refractivity contribution in [2.75, 3.05) is 26.4 Å². The van der Waals surface area contributed by atoms with E-state index in [9.17, 15) is 4.79 Å². The fourth-order valence-electron chi connectivity index (χ4n) is 0.974. The molecule has 1 fully saturated rings. The molecule has 0 N–H and O–H groups in total. The fraction of sp³-hybridized carbons (Fsp3) is 0.500. The highest BCUT2D eigenvalue weighted by Crippen LogP contribution is 1.92. The van der Waals surface area contributed by atoms with Gasteiger partial charge in [0.15, 0.2) is 0 Å². The first-order valence-corrected chi connectivity index (χ1v) is 5.77. The molecule has 0 atom stereocenters. The van der Waals surface area contributed by atoms with Crippen LogP contribution in [-0.2, 0) is 14.3 Å². The summed E-state index contributed by atoms with van der Waals surface area (Å²) in [5, 5.41) is 0. The van der Waals surface area contributed by atoms with Crippen molar-refractivity contribution >= 4 is 5.78 Å². The van der Waals surface area contributed by atoms with E-state index >= 15 is 0 Å². The van der Waals surface area contributed by atoms with Crippen molar-refractivity contribution < 1.29 is 14.3 Å². The van der Waals surface area contributed by atoms with Gasteiger partial charge in [0.05, 0.1) is 26.4 Å². The molecule has 3 nitrogen and oxygen atoms in total. The van der Waals surface area contributed by atoms with Crippen LogP contribution >= 0.6 is 0 Å². The van der Waals surface area contributed by atoms with Crippen LogP contribution in [-0.4, -0.2) is 32.2 Å². The van der Waals surface area contributed by atoms with E-state index in [1.165, 1.54) is 19.4 Å². The molecule has 1 heterocycles. The van der Waals surface area contributed by atoms with Crippen molar-refractivity contribution in [3.8, 4) is 0 Å². The molecule has 0 amide bonds. The fourth-order valence-corrected chi connectivity index (χ4v) is 0.974. The first kappa shape index (κ1) is 15.8. The standard InChI is InChI=1S/C7H8.C4H8O2.C3H6O/c1-7-5-3-2-4-6-7;1-2-6-4-3-5-1;1-3(2)4/h2-6H,1H3;1-4H2;1-2H3. The van der Waals surface area contributed by atoms with Gasteiger partial charge in [0, 0.05) is 0 Å². The van der Waals surface area contributed by atoms with Crippen LogP contribution in [0.15, 0.2) is 30.3 Å². The van der Waals surface area contributed by atoms with Crippen LogP contribution in [0.4, 0.5) is 0 Å². The zero-order valence-corrected chi connectivity index (χ0v) is 10.9. The molecule has 0 aromatic heterocycles. The summed E-state index contributed by atoms with van der Waals surface area (Å²) >= 11 is 0. The smallest absolute Gasteiger partial charge is 0.126 e. The van der Waals surface area contributed by atoms with E-state index < -0.39 is 0 Å². The van der Waals surface area contributed by atoms with E-state index in [0.29, 0.717) is 0 Å². The number of carbonyl (C=O) groups excluding carboxylic acids is 1. The third-order valence-electron chi connectivity index (χ3n) is 1.68. The molecule has 3 heteroatoms. The van der Waals surface area contributed by atoms with Gasteiger partial charge in [-0.1, -0.05) is 35.9 Å². The predicted molar refractivity (Wildman–Crippen MR) is 69.2 cm³/mol. The number of rotatable bonds is 0. The molecule has 1 aliphatic rings. The average molecular weight is 238 g/mol. The first-order chi connectivity index (χ1) is 8.13. The quantitative estimate of drug-likeness (QED) is 0.697. The van der Waals surface area contributed by atoms with Gasteiger partial charge in [0.1, 0.15) is 5.78 Å². The van der Waals surface area contributed by atoms with Gasteiger partial charge >= 0.3 is 0 Å². The van der Waals surface area contributed by atoms with Crippen LogP contribution in [0.25, 0.3) is 0 Å². The number of hydrogen-bond acceptors (Lipinski definition) is 3. The lowest BCUT2D eigenvalue weighted by atomic mass is 10.2. The van der Waals surface area contributed by atoms with Gasteiger partial charge < -0.3 is 14.3 Å².